The van der Waals surface area contributed by atoms with E-state index in [0.717, 1.165) is 31.2 Å². The van der Waals surface area contributed by atoms with Crippen LogP contribution in [0.3, 0.4) is 0 Å². The molecule has 2 rings (SSSR count). The first kappa shape index (κ1) is 14.7. The Labute approximate surface area is 124 Å². The molecule has 19 heavy (non-hydrogen) atoms. The molecule has 2 atom stereocenters. The number of halogens is 2. The lowest BCUT2D eigenvalue weighted by Crippen LogP contribution is -2.44. The van der Waals surface area contributed by atoms with Gasteiger partial charge in [0.15, 0.2) is 0 Å². The fourth-order valence-corrected chi connectivity index (χ4v) is 3.46. The van der Waals surface area contributed by atoms with Crippen molar-refractivity contribution in [1.82, 2.24) is 4.90 Å². The van der Waals surface area contributed by atoms with Crippen molar-refractivity contribution < 1.29 is 4.79 Å². The van der Waals surface area contributed by atoms with Crippen molar-refractivity contribution in [2.24, 2.45) is 0 Å². The Morgan fingerprint density at radius 2 is 1.95 bits per heavy atom. The summed E-state index contributed by atoms with van der Waals surface area (Å²) in [6.07, 6.45) is 4.26. The van der Waals surface area contributed by atoms with E-state index in [4.69, 9.17) is 23.2 Å². The maximum atomic E-state index is 12.5. The summed E-state index contributed by atoms with van der Waals surface area (Å²) in [4.78, 5) is 14.3. The average Bonchev–Trinajstić information content (AvgIpc) is 2.36. The fourth-order valence-electron chi connectivity index (χ4n) is 2.72. The van der Waals surface area contributed by atoms with Crippen molar-refractivity contribution in [3.63, 3.8) is 0 Å². The summed E-state index contributed by atoms with van der Waals surface area (Å²) < 4.78 is 0. The predicted molar refractivity (Wildman–Crippen MR) is 80.2 cm³/mol. The van der Waals surface area contributed by atoms with Crippen LogP contribution in [0, 0.1) is 6.92 Å². The Balaban J connectivity index is 2.18. The summed E-state index contributed by atoms with van der Waals surface area (Å²) >= 11 is 12.4. The maximum absolute atomic E-state index is 12.5. The van der Waals surface area contributed by atoms with E-state index in [-0.39, 0.29) is 17.3 Å². The Bertz CT molecular complexity index is 455. The molecule has 1 aromatic rings. The van der Waals surface area contributed by atoms with E-state index < -0.39 is 0 Å². The zero-order valence-corrected chi connectivity index (χ0v) is 12.8. The van der Waals surface area contributed by atoms with E-state index in [2.05, 4.69) is 0 Å². The molecule has 0 spiro atoms. The molecule has 1 aliphatic carbocycles. The highest BCUT2D eigenvalue weighted by Gasteiger charge is 2.29. The largest absolute Gasteiger partial charge is 0.337 e. The minimum absolute atomic E-state index is 0.00292. The molecule has 104 valence electrons. The van der Waals surface area contributed by atoms with Gasteiger partial charge in [-0.2, -0.15) is 0 Å². The average molecular weight is 300 g/mol. The van der Waals surface area contributed by atoms with Gasteiger partial charge in [-0.3, -0.25) is 4.79 Å². The molecular formula is C15H19Cl2NO. The van der Waals surface area contributed by atoms with Crippen LogP contribution in [0.4, 0.5) is 0 Å². The third-order valence-electron chi connectivity index (χ3n) is 3.75. The predicted octanol–water partition coefficient (Wildman–Crippen LogP) is 4.27. The first-order valence-corrected chi connectivity index (χ1v) is 7.49. The number of carbonyl (C=O) groups excluding carboxylic acids is 1. The van der Waals surface area contributed by atoms with Crippen molar-refractivity contribution in [2.75, 3.05) is 7.05 Å². The highest BCUT2D eigenvalue weighted by molar-refractivity contribution is 6.31. The van der Waals surface area contributed by atoms with Crippen LogP contribution in [0.2, 0.25) is 5.02 Å². The summed E-state index contributed by atoms with van der Waals surface area (Å²) in [6.45, 7) is 1.94. The highest BCUT2D eigenvalue weighted by atomic mass is 35.5. The molecule has 1 amide bonds. The molecule has 0 radical (unpaired) electrons. The molecule has 1 aliphatic rings. The van der Waals surface area contributed by atoms with E-state index >= 15 is 0 Å². The maximum Gasteiger partial charge on any atom is 0.253 e. The van der Waals surface area contributed by atoms with Gasteiger partial charge in [0.1, 0.15) is 0 Å². The number of hydrogen-bond donors (Lipinski definition) is 0. The number of alkyl halides is 1. The Kier molecular flexibility index (Phi) is 4.75. The smallest absolute Gasteiger partial charge is 0.253 e. The second kappa shape index (κ2) is 6.15. The van der Waals surface area contributed by atoms with Crippen molar-refractivity contribution in [3.8, 4) is 0 Å². The lowest BCUT2D eigenvalue weighted by molar-refractivity contribution is 0.0700. The molecule has 1 saturated carbocycles. The highest BCUT2D eigenvalue weighted by Crippen LogP contribution is 2.28. The molecule has 1 aromatic carbocycles. The van der Waals surface area contributed by atoms with Gasteiger partial charge in [0, 0.05) is 23.7 Å². The molecule has 0 saturated heterocycles. The first-order valence-electron chi connectivity index (χ1n) is 6.67. The van der Waals surface area contributed by atoms with Crippen LogP contribution < -0.4 is 0 Å². The normalized spacial score (nSPS) is 23.2. The van der Waals surface area contributed by atoms with Crippen molar-refractivity contribution in [3.05, 3.63) is 34.3 Å². The standard InChI is InChI=1S/C15H19Cl2NO/c1-10-7-11(9-12(16)8-10)15(19)18(2)14-6-4-3-5-13(14)17/h7-9,13-14H,3-6H2,1-2H3. The SMILES string of the molecule is Cc1cc(Cl)cc(C(=O)N(C)C2CCCCC2Cl)c1. The number of aryl methyl sites for hydroxylation is 1. The summed E-state index contributed by atoms with van der Waals surface area (Å²) in [6, 6.07) is 5.57. The summed E-state index contributed by atoms with van der Waals surface area (Å²) in [5, 5.41) is 0.658. The molecule has 0 N–H and O–H groups in total. The molecule has 0 aromatic heterocycles. The van der Waals surface area contributed by atoms with Gasteiger partial charge in [-0.25, -0.2) is 0 Å². The van der Waals surface area contributed by atoms with Crippen LogP contribution >= 0.6 is 23.2 Å². The van der Waals surface area contributed by atoms with Gasteiger partial charge in [0.05, 0.1) is 5.38 Å². The van der Waals surface area contributed by atoms with Gasteiger partial charge in [0.25, 0.3) is 5.91 Å². The van der Waals surface area contributed by atoms with Gasteiger partial charge in [-0.1, -0.05) is 24.4 Å². The number of benzene rings is 1. The third kappa shape index (κ3) is 3.43. The van der Waals surface area contributed by atoms with E-state index in [1.54, 1.807) is 11.0 Å². The van der Waals surface area contributed by atoms with Crippen LogP contribution in [0.5, 0.6) is 0 Å². The Morgan fingerprint density at radius 1 is 1.26 bits per heavy atom. The molecule has 0 heterocycles. The Morgan fingerprint density at radius 3 is 2.58 bits per heavy atom. The molecule has 4 heteroatoms. The lowest BCUT2D eigenvalue weighted by Gasteiger charge is -2.35. The fraction of sp³-hybridized carbons (Fsp3) is 0.533. The number of hydrogen-bond acceptors (Lipinski definition) is 1. The Hall–Kier alpha value is -0.730. The second-order valence-corrected chi connectivity index (χ2v) is 6.30. The van der Waals surface area contributed by atoms with E-state index in [1.165, 1.54) is 0 Å². The molecular weight excluding hydrogens is 281 g/mol. The molecule has 0 aliphatic heterocycles. The second-order valence-electron chi connectivity index (χ2n) is 5.30. The number of amides is 1. The van der Waals surface area contributed by atoms with Crippen LogP contribution in [0.25, 0.3) is 0 Å². The summed E-state index contributed by atoms with van der Waals surface area (Å²) in [5.74, 6) is 0.00292. The number of nitrogens with zero attached hydrogens (tertiary/aromatic N) is 1. The zero-order valence-electron chi connectivity index (χ0n) is 11.3. The van der Waals surface area contributed by atoms with Gasteiger partial charge in [-0.05, 0) is 43.5 Å². The molecule has 0 bridgehead atoms. The van der Waals surface area contributed by atoms with Crippen LogP contribution in [-0.2, 0) is 0 Å². The molecule has 2 nitrogen and oxygen atoms in total. The van der Waals surface area contributed by atoms with Crippen molar-refractivity contribution in [1.29, 1.82) is 0 Å². The van der Waals surface area contributed by atoms with Crippen LogP contribution in [-0.4, -0.2) is 29.3 Å². The monoisotopic (exact) mass is 299 g/mol. The number of carbonyl (C=O) groups is 1. The molecule has 1 fully saturated rings. The summed E-state index contributed by atoms with van der Waals surface area (Å²) in [5.41, 5.74) is 1.64. The van der Waals surface area contributed by atoms with Gasteiger partial charge < -0.3 is 4.90 Å². The van der Waals surface area contributed by atoms with Gasteiger partial charge >= 0.3 is 0 Å². The summed E-state index contributed by atoms with van der Waals surface area (Å²) in [7, 11) is 1.84. The van der Waals surface area contributed by atoms with Crippen LogP contribution in [0.15, 0.2) is 18.2 Å². The van der Waals surface area contributed by atoms with E-state index in [0.29, 0.717) is 10.6 Å². The van der Waals surface area contributed by atoms with Gasteiger partial charge in [0.2, 0.25) is 0 Å². The topological polar surface area (TPSA) is 20.3 Å². The van der Waals surface area contributed by atoms with Crippen molar-refractivity contribution >= 4 is 29.1 Å². The number of rotatable bonds is 2. The first-order chi connectivity index (χ1) is 8.99. The minimum atomic E-state index is 0.00292. The quantitative estimate of drug-likeness (QED) is 0.747. The minimum Gasteiger partial charge on any atom is -0.337 e. The van der Waals surface area contributed by atoms with E-state index in [9.17, 15) is 4.79 Å². The zero-order chi connectivity index (χ0) is 14.0. The van der Waals surface area contributed by atoms with Crippen molar-refractivity contribution in [2.45, 2.75) is 44.0 Å². The van der Waals surface area contributed by atoms with Crippen LogP contribution in [0.1, 0.15) is 41.6 Å². The lowest BCUT2D eigenvalue weighted by atomic mass is 9.93. The van der Waals surface area contributed by atoms with E-state index in [1.807, 2.05) is 26.1 Å². The molecule has 2 unspecified atom stereocenters. The third-order valence-corrected chi connectivity index (χ3v) is 4.48. The van der Waals surface area contributed by atoms with Gasteiger partial charge in [-0.15, -0.1) is 11.6 Å².